The average molecular weight is 610 g/mol. The Morgan fingerprint density at radius 3 is 1.56 bits per heavy atom. The van der Waals surface area contributed by atoms with Gasteiger partial charge in [0.25, 0.3) is 0 Å². The zero-order valence-electron chi connectivity index (χ0n) is 25.9. The molecule has 0 radical (unpaired) electrons. The SMILES string of the molecule is N#Cc1ccc2c(ccc3ccc(-n4c5ccccc5c5ccc(-c6ccc7c8ccccc8n(-c8ccccc8)c7c6)cc54)cc32)c1. The van der Waals surface area contributed by atoms with E-state index in [4.69, 9.17) is 0 Å². The average Bonchev–Trinajstić information content (AvgIpc) is 3.66. The molecule has 10 aromatic rings. The van der Waals surface area contributed by atoms with E-state index in [1.807, 2.05) is 12.1 Å². The van der Waals surface area contributed by atoms with E-state index < -0.39 is 0 Å². The van der Waals surface area contributed by atoms with Crippen LogP contribution in [0.15, 0.2) is 164 Å². The van der Waals surface area contributed by atoms with Crippen molar-refractivity contribution in [1.29, 1.82) is 5.26 Å². The lowest BCUT2D eigenvalue weighted by Gasteiger charge is -2.12. The van der Waals surface area contributed by atoms with Gasteiger partial charge in [0.05, 0.1) is 33.7 Å². The number of para-hydroxylation sites is 3. The van der Waals surface area contributed by atoms with E-state index in [1.54, 1.807) is 0 Å². The summed E-state index contributed by atoms with van der Waals surface area (Å²) in [5.41, 5.74) is 10.1. The fourth-order valence-electron chi connectivity index (χ4n) is 7.69. The number of nitriles is 1. The van der Waals surface area contributed by atoms with Crippen LogP contribution in [0.5, 0.6) is 0 Å². The second kappa shape index (κ2) is 10.2. The van der Waals surface area contributed by atoms with Gasteiger partial charge in [-0.2, -0.15) is 5.26 Å². The molecule has 0 N–H and O–H groups in total. The molecule has 8 aromatic carbocycles. The lowest BCUT2D eigenvalue weighted by molar-refractivity contribution is 1.18. The quantitative estimate of drug-likeness (QED) is 0.183. The van der Waals surface area contributed by atoms with Crippen LogP contribution in [-0.4, -0.2) is 9.13 Å². The Bertz CT molecular complexity index is 2950. The third-order valence-corrected chi connectivity index (χ3v) is 9.90. The Labute approximate surface area is 276 Å². The maximum atomic E-state index is 9.48. The minimum atomic E-state index is 0.676. The zero-order chi connectivity index (χ0) is 31.8. The van der Waals surface area contributed by atoms with Crippen LogP contribution in [0.25, 0.3) is 87.7 Å². The van der Waals surface area contributed by atoms with E-state index in [-0.39, 0.29) is 0 Å². The summed E-state index contributed by atoms with van der Waals surface area (Å²) < 4.78 is 4.78. The number of rotatable bonds is 3. The first-order valence-corrected chi connectivity index (χ1v) is 16.2. The molecule has 0 aliphatic heterocycles. The summed E-state index contributed by atoms with van der Waals surface area (Å²) in [7, 11) is 0. The van der Waals surface area contributed by atoms with Crippen molar-refractivity contribution >= 4 is 65.2 Å². The van der Waals surface area contributed by atoms with Crippen LogP contribution in [0.4, 0.5) is 0 Å². The van der Waals surface area contributed by atoms with Crippen molar-refractivity contribution in [3.05, 3.63) is 169 Å². The Morgan fingerprint density at radius 2 is 0.896 bits per heavy atom. The predicted octanol–water partition coefficient (Wildman–Crippen LogP) is 11.7. The van der Waals surface area contributed by atoms with Crippen LogP contribution >= 0.6 is 0 Å². The van der Waals surface area contributed by atoms with Gasteiger partial charge in [-0.15, -0.1) is 0 Å². The van der Waals surface area contributed by atoms with Crippen LogP contribution in [0, 0.1) is 11.3 Å². The number of hydrogen-bond donors (Lipinski definition) is 0. The second-order valence-corrected chi connectivity index (χ2v) is 12.5. The largest absolute Gasteiger partial charge is 0.309 e. The Hall–Kier alpha value is -6.63. The van der Waals surface area contributed by atoms with Crippen LogP contribution < -0.4 is 0 Å². The Balaban J connectivity index is 1.21. The van der Waals surface area contributed by atoms with Gasteiger partial charge < -0.3 is 9.13 Å². The summed E-state index contributed by atoms with van der Waals surface area (Å²) in [5.74, 6) is 0. The van der Waals surface area contributed by atoms with Crippen molar-refractivity contribution in [2.45, 2.75) is 0 Å². The van der Waals surface area contributed by atoms with Crippen molar-refractivity contribution in [2.24, 2.45) is 0 Å². The zero-order valence-corrected chi connectivity index (χ0v) is 25.9. The monoisotopic (exact) mass is 609 g/mol. The number of aromatic nitrogens is 2. The molecule has 0 unspecified atom stereocenters. The standard InChI is InChI=1S/C45H27N3/c46-28-29-14-21-36-33(24-29)16-15-30-17-20-35(27-41(30)36)48-43-13-7-5-11-38(43)40-23-19-32(26-45(40)48)31-18-22-39-37-10-4-6-12-42(37)47(44(39)25-31)34-8-2-1-3-9-34/h1-27H. The molecule has 0 amide bonds. The number of nitrogens with zero attached hydrogens (tertiary/aromatic N) is 3. The molecule has 48 heavy (non-hydrogen) atoms. The lowest BCUT2D eigenvalue weighted by atomic mass is 9.99. The van der Waals surface area contributed by atoms with Crippen LogP contribution in [-0.2, 0) is 0 Å². The fourth-order valence-corrected chi connectivity index (χ4v) is 7.69. The third-order valence-electron chi connectivity index (χ3n) is 9.90. The van der Waals surface area contributed by atoms with Crippen molar-refractivity contribution in [1.82, 2.24) is 9.13 Å². The number of hydrogen-bond acceptors (Lipinski definition) is 1. The Morgan fingerprint density at radius 1 is 0.354 bits per heavy atom. The van der Waals surface area contributed by atoms with Gasteiger partial charge >= 0.3 is 0 Å². The van der Waals surface area contributed by atoms with E-state index in [0.717, 1.165) is 22.1 Å². The van der Waals surface area contributed by atoms with Gasteiger partial charge in [0, 0.05) is 32.9 Å². The maximum Gasteiger partial charge on any atom is 0.0991 e. The predicted molar refractivity (Wildman–Crippen MR) is 200 cm³/mol. The van der Waals surface area contributed by atoms with E-state index in [2.05, 4.69) is 167 Å². The van der Waals surface area contributed by atoms with Gasteiger partial charge in [-0.25, -0.2) is 0 Å². The molecule has 0 aliphatic rings. The van der Waals surface area contributed by atoms with E-state index >= 15 is 0 Å². The van der Waals surface area contributed by atoms with Gasteiger partial charge in [0.15, 0.2) is 0 Å². The van der Waals surface area contributed by atoms with Gasteiger partial charge in [0.2, 0.25) is 0 Å². The van der Waals surface area contributed by atoms with E-state index in [9.17, 15) is 5.26 Å². The van der Waals surface area contributed by atoms with Gasteiger partial charge in [-0.1, -0.05) is 103 Å². The van der Waals surface area contributed by atoms with Crippen molar-refractivity contribution in [3.8, 4) is 28.6 Å². The molecular weight excluding hydrogens is 583 g/mol. The molecule has 0 spiro atoms. The molecule has 0 fully saturated rings. The molecule has 0 bridgehead atoms. The molecule has 10 rings (SSSR count). The topological polar surface area (TPSA) is 33.6 Å². The minimum Gasteiger partial charge on any atom is -0.309 e. The molecule has 0 saturated carbocycles. The maximum absolute atomic E-state index is 9.48. The number of fused-ring (bicyclic) bond motifs is 9. The van der Waals surface area contributed by atoms with E-state index in [0.29, 0.717) is 5.56 Å². The van der Waals surface area contributed by atoms with Crippen molar-refractivity contribution in [2.75, 3.05) is 0 Å². The summed E-state index contributed by atoms with van der Waals surface area (Å²) >= 11 is 0. The molecule has 3 heteroatoms. The second-order valence-electron chi connectivity index (χ2n) is 12.5. The molecule has 0 saturated heterocycles. The van der Waals surface area contributed by atoms with Gasteiger partial charge in [-0.05, 0) is 93.3 Å². The smallest absolute Gasteiger partial charge is 0.0991 e. The first-order chi connectivity index (χ1) is 23.7. The fraction of sp³-hybridized carbons (Fsp3) is 0. The highest BCUT2D eigenvalue weighted by molar-refractivity contribution is 6.13. The third kappa shape index (κ3) is 3.87. The van der Waals surface area contributed by atoms with Crippen LogP contribution in [0.2, 0.25) is 0 Å². The van der Waals surface area contributed by atoms with Crippen molar-refractivity contribution < 1.29 is 0 Å². The first kappa shape index (κ1) is 26.6. The molecule has 0 aliphatic carbocycles. The van der Waals surface area contributed by atoms with Gasteiger partial charge in [0.1, 0.15) is 0 Å². The summed E-state index contributed by atoms with van der Waals surface area (Å²) in [4.78, 5) is 0. The molecule has 222 valence electrons. The molecule has 2 heterocycles. The molecule has 0 atom stereocenters. The van der Waals surface area contributed by atoms with E-state index in [1.165, 1.54) is 65.5 Å². The normalized spacial score (nSPS) is 11.7. The van der Waals surface area contributed by atoms with Crippen molar-refractivity contribution in [3.63, 3.8) is 0 Å². The summed E-state index contributed by atoms with van der Waals surface area (Å²) in [5, 5.41) is 19.0. The highest BCUT2D eigenvalue weighted by atomic mass is 15.0. The minimum absolute atomic E-state index is 0.676. The summed E-state index contributed by atoms with van der Waals surface area (Å²) in [6, 6.07) is 61.0. The highest BCUT2D eigenvalue weighted by Gasteiger charge is 2.16. The first-order valence-electron chi connectivity index (χ1n) is 16.2. The van der Waals surface area contributed by atoms with Crippen LogP contribution in [0.1, 0.15) is 5.56 Å². The molecular formula is C45H27N3. The van der Waals surface area contributed by atoms with Crippen LogP contribution in [0.3, 0.4) is 0 Å². The van der Waals surface area contributed by atoms with Gasteiger partial charge in [-0.3, -0.25) is 0 Å². The highest BCUT2D eigenvalue weighted by Crippen LogP contribution is 2.39. The number of benzene rings is 8. The Kier molecular flexibility index (Phi) is 5.64. The summed E-state index contributed by atoms with van der Waals surface area (Å²) in [6.07, 6.45) is 0. The lowest BCUT2D eigenvalue weighted by Crippen LogP contribution is -1.95. The summed E-state index contributed by atoms with van der Waals surface area (Å²) in [6.45, 7) is 0. The molecule has 3 nitrogen and oxygen atoms in total. The molecule has 2 aromatic heterocycles.